The number of para-hydroxylation sites is 2. The maximum atomic E-state index is 15.3. The van der Waals surface area contributed by atoms with Crippen LogP contribution in [0.15, 0.2) is 318 Å². The van der Waals surface area contributed by atoms with Gasteiger partial charge in [-0.25, -0.2) is 4.98 Å². The van der Waals surface area contributed by atoms with E-state index in [1.807, 2.05) is 84.9 Å². The van der Waals surface area contributed by atoms with Gasteiger partial charge in [0.1, 0.15) is 28.2 Å². The molecule has 20 rings (SSSR count). The van der Waals surface area contributed by atoms with E-state index in [2.05, 4.69) is 229 Å². The smallest absolute Gasteiger partial charge is 0.171 e. The minimum Gasteiger partial charge on any atom is -0.455 e. The highest BCUT2D eigenvalue weighted by molar-refractivity contribution is 7.85. The molecule has 6 heteroatoms. The number of hydrogen-bond acceptors (Lipinski definition) is 4. The Morgan fingerprint density at radius 3 is 1.48 bits per heavy atom. The van der Waals surface area contributed by atoms with Crippen molar-refractivity contribution in [3.8, 4) is 106 Å². The van der Waals surface area contributed by atoms with Crippen LogP contribution in [-0.4, -0.2) is 9.55 Å². The van der Waals surface area contributed by atoms with Crippen LogP contribution in [0.25, 0.3) is 183 Å². The lowest BCUT2D eigenvalue weighted by Gasteiger charge is -2.20. The Hall–Kier alpha value is -11.9. The fraction of sp³-hybridized carbons (Fsp3) is 0. The second-order valence-corrected chi connectivity index (χ2v) is 27.5. The lowest BCUT2D eigenvalue weighted by atomic mass is 9.89. The van der Waals surface area contributed by atoms with Gasteiger partial charge >= 0.3 is 0 Å². The molecule has 5 nitrogen and oxygen atoms in total. The Bertz CT molecular complexity index is 6180. The van der Waals surface area contributed by atoms with Gasteiger partial charge in [-0.2, -0.15) is 0 Å². The van der Waals surface area contributed by atoms with Gasteiger partial charge in [-0.3, -0.25) is 4.57 Å². The summed E-state index contributed by atoms with van der Waals surface area (Å²) in [4.78, 5) is 5.12. The van der Waals surface area contributed by atoms with Crippen molar-refractivity contribution >= 4 is 99.5 Å². The van der Waals surface area contributed by atoms with Crippen LogP contribution in [0.3, 0.4) is 0 Å². The molecule has 2 aliphatic rings. The molecule has 0 fully saturated rings. The van der Waals surface area contributed by atoms with Gasteiger partial charge in [0.05, 0.1) is 11.0 Å². The van der Waals surface area contributed by atoms with Gasteiger partial charge in [-0.15, -0.1) is 0 Å². The fourth-order valence-electron chi connectivity index (χ4n) is 15.6. The highest BCUT2D eigenvalue weighted by atomic mass is 31.2. The first kappa shape index (κ1) is 51.9. The molecule has 93 heavy (non-hydrogen) atoms. The topological polar surface area (TPSA) is 61.2 Å². The Kier molecular flexibility index (Phi) is 11.1. The van der Waals surface area contributed by atoms with E-state index in [0.717, 1.165) is 143 Å². The summed E-state index contributed by atoms with van der Waals surface area (Å²) in [5, 5.41) is 11.4. The summed E-state index contributed by atoms with van der Waals surface area (Å²) in [6.45, 7) is 0. The van der Waals surface area contributed by atoms with Gasteiger partial charge in [0, 0.05) is 70.3 Å². The van der Waals surface area contributed by atoms with Gasteiger partial charge in [0.2, 0.25) is 0 Å². The van der Waals surface area contributed by atoms with E-state index >= 15 is 4.57 Å². The molecule has 0 saturated carbocycles. The van der Waals surface area contributed by atoms with Gasteiger partial charge < -0.3 is 13.4 Å². The third-order valence-electron chi connectivity index (χ3n) is 19.8. The zero-order valence-corrected chi connectivity index (χ0v) is 50.9. The first-order valence-corrected chi connectivity index (χ1v) is 33.4. The molecule has 0 bridgehead atoms. The molecule has 0 atom stereocenters. The molecule has 3 heterocycles. The van der Waals surface area contributed by atoms with Crippen molar-refractivity contribution < 1.29 is 13.4 Å². The van der Waals surface area contributed by atoms with Crippen molar-refractivity contribution in [3.05, 3.63) is 309 Å². The second-order valence-electron chi connectivity index (χ2n) is 24.7. The molecule has 0 radical (unpaired) electrons. The van der Waals surface area contributed by atoms with E-state index in [-0.39, 0.29) is 0 Å². The number of benzene rings is 15. The fourth-order valence-corrected chi connectivity index (χ4v) is 18.3. The van der Waals surface area contributed by atoms with Crippen LogP contribution in [0.4, 0.5) is 0 Å². The SMILES string of the molecule is O=P(c1ccccc1)(c1ccccc1)c1ccc(-c2ccc(-c3cc(-c4cccc5c4-c4cccc6c4c-5cc4c6oc5cccc(-c6ccc(-n7c(-c8ccccc8)nc8ccccc87)cc6)c54)cc4oc5c6cccc7c6c(cc5c34)-c3ccccc3-7)cc2)cc1. The van der Waals surface area contributed by atoms with Crippen LogP contribution in [-0.2, 0) is 4.57 Å². The summed E-state index contributed by atoms with van der Waals surface area (Å²) in [7, 11) is -3.14. The zero-order valence-electron chi connectivity index (χ0n) is 50.0. The van der Waals surface area contributed by atoms with Crippen molar-refractivity contribution in [3.63, 3.8) is 0 Å². The molecule has 0 aliphatic heterocycles. The Morgan fingerprint density at radius 2 is 0.774 bits per heavy atom. The minimum absolute atomic E-state index is 0.803. The van der Waals surface area contributed by atoms with Crippen LogP contribution in [0.5, 0.6) is 0 Å². The first-order chi connectivity index (χ1) is 46.0. The quantitative estimate of drug-likeness (QED) is 0.135. The second kappa shape index (κ2) is 19.8. The summed E-state index contributed by atoms with van der Waals surface area (Å²) >= 11 is 0. The van der Waals surface area contributed by atoms with E-state index in [1.165, 1.54) is 55.3 Å². The van der Waals surface area contributed by atoms with Gasteiger partial charge in [-0.1, -0.05) is 255 Å². The van der Waals surface area contributed by atoms with Gasteiger partial charge in [-0.05, 0) is 144 Å². The average Bonchev–Trinajstić information content (AvgIpc) is 1.56. The van der Waals surface area contributed by atoms with Gasteiger partial charge in [0.15, 0.2) is 7.14 Å². The first-order valence-electron chi connectivity index (χ1n) is 31.7. The Labute approximate surface area is 534 Å². The molecule has 3 aromatic heterocycles. The predicted molar refractivity (Wildman–Crippen MR) is 386 cm³/mol. The number of aromatic nitrogens is 2. The maximum Gasteiger partial charge on any atom is 0.171 e. The maximum absolute atomic E-state index is 15.3. The van der Waals surface area contributed by atoms with Gasteiger partial charge in [0.25, 0.3) is 0 Å². The normalized spacial score (nSPS) is 12.3. The largest absolute Gasteiger partial charge is 0.455 e. The predicted octanol–water partition coefficient (Wildman–Crippen LogP) is 22.4. The molecule has 432 valence electrons. The van der Waals surface area contributed by atoms with Crippen LogP contribution in [0.1, 0.15) is 0 Å². The number of furan rings is 2. The summed E-state index contributed by atoms with van der Waals surface area (Å²) in [6.07, 6.45) is 0. The third-order valence-corrected chi connectivity index (χ3v) is 22.9. The number of fused-ring (bicyclic) bond motifs is 15. The molecular formula is C87H51N2O3P. The summed E-state index contributed by atoms with van der Waals surface area (Å²) in [5.74, 6) is 0.909. The molecule has 0 amide bonds. The van der Waals surface area contributed by atoms with E-state index in [9.17, 15) is 0 Å². The Morgan fingerprint density at radius 1 is 0.290 bits per heavy atom. The highest BCUT2D eigenvalue weighted by Gasteiger charge is 2.32. The highest BCUT2D eigenvalue weighted by Crippen LogP contribution is 2.57. The third kappa shape index (κ3) is 7.57. The average molecular weight is 1200 g/mol. The number of nitrogens with zero attached hydrogens (tertiary/aromatic N) is 2. The van der Waals surface area contributed by atoms with Crippen molar-refractivity contribution in [2.24, 2.45) is 0 Å². The molecule has 0 unspecified atom stereocenters. The summed E-state index contributed by atoms with van der Waals surface area (Å²) < 4.78 is 32.0. The lowest BCUT2D eigenvalue weighted by Crippen LogP contribution is -2.24. The van der Waals surface area contributed by atoms with E-state index in [1.54, 1.807) is 0 Å². The number of imidazole rings is 1. The lowest BCUT2D eigenvalue weighted by molar-refractivity contribution is 0.592. The summed E-state index contributed by atoms with van der Waals surface area (Å²) in [5.41, 5.74) is 26.0. The molecule has 0 saturated heterocycles. The molecule has 2 aliphatic carbocycles. The number of hydrogen-bond donors (Lipinski definition) is 0. The van der Waals surface area contributed by atoms with Crippen molar-refractivity contribution in [2.75, 3.05) is 0 Å². The van der Waals surface area contributed by atoms with E-state index in [4.69, 9.17) is 13.8 Å². The van der Waals surface area contributed by atoms with Crippen molar-refractivity contribution in [1.29, 1.82) is 0 Å². The van der Waals surface area contributed by atoms with E-state index in [0.29, 0.717) is 0 Å². The molecule has 0 N–H and O–H groups in total. The van der Waals surface area contributed by atoms with Crippen LogP contribution >= 0.6 is 7.14 Å². The van der Waals surface area contributed by atoms with Crippen LogP contribution < -0.4 is 15.9 Å². The standard InChI is InChI=1S/C87H51N2O3P/c90-93(59-20-6-2-7-21-59,60-22-8-3-9-23-60)61-46-42-53(43-47-61)52-36-38-55(39-37-52)71-48-57(49-79-84(71)75-50-72-65-25-11-10-24-64(65)66-28-15-31-69(81(66)72)86(75)92-79)63-26-14-29-67-73-51-74-83-62(27-17-35-78(83)91-85(74)70-32-16-30-68(80(63)67)82(70)73)54-40-44-58(45-41-54)89-77-34-13-12-33-76(77)88-87(89)56-18-4-1-5-19-56/h1-51H. The molecular weight excluding hydrogens is 1150 g/mol. The molecule has 18 aromatic rings. The number of rotatable bonds is 9. The van der Waals surface area contributed by atoms with E-state index < -0.39 is 7.14 Å². The van der Waals surface area contributed by atoms with Crippen LogP contribution in [0, 0.1) is 0 Å². The monoisotopic (exact) mass is 1200 g/mol. The van der Waals surface area contributed by atoms with Crippen molar-refractivity contribution in [2.45, 2.75) is 0 Å². The Balaban J connectivity index is 0.730. The minimum atomic E-state index is -3.14. The zero-order chi connectivity index (χ0) is 61.0. The van der Waals surface area contributed by atoms with Crippen molar-refractivity contribution in [1.82, 2.24) is 9.55 Å². The summed E-state index contributed by atoms with van der Waals surface area (Å²) in [6, 6.07) is 109. The van der Waals surface area contributed by atoms with Crippen LogP contribution in [0.2, 0.25) is 0 Å². The molecule has 0 spiro atoms. The molecule has 15 aromatic carbocycles.